The molecule has 0 aliphatic carbocycles. The Balaban J connectivity index is 3.45. The fraction of sp³-hybridized carbons (Fsp3) is 0.900. The molecule has 0 aliphatic heterocycles. The summed E-state index contributed by atoms with van der Waals surface area (Å²) < 4.78 is 0. The van der Waals surface area contributed by atoms with Crippen molar-refractivity contribution in [3.05, 3.63) is 0 Å². The number of carbonyl (C=O) groups is 1. The third-order valence-electron chi connectivity index (χ3n) is 2.02. The molecule has 14 heavy (non-hydrogen) atoms. The minimum atomic E-state index is 0.138. The lowest BCUT2D eigenvalue weighted by molar-refractivity contribution is -0.120. The highest BCUT2D eigenvalue weighted by atomic mass is 32.2. The molecule has 0 rings (SSSR count). The SMILES string of the molecule is CCNC(=O)CCNC(CC)CSC. The summed E-state index contributed by atoms with van der Waals surface area (Å²) >= 11 is 1.84. The average Bonchev–Trinajstić information content (AvgIpc) is 2.17. The number of hydrogen-bond donors (Lipinski definition) is 2. The molecule has 0 radical (unpaired) electrons. The summed E-state index contributed by atoms with van der Waals surface area (Å²) in [6.45, 7) is 5.61. The second-order valence-corrected chi connectivity index (χ2v) is 4.13. The van der Waals surface area contributed by atoms with Gasteiger partial charge in [0.2, 0.25) is 5.91 Å². The lowest BCUT2D eigenvalue weighted by atomic mass is 10.2. The third kappa shape index (κ3) is 7.21. The quantitative estimate of drug-likeness (QED) is 0.644. The molecular weight excluding hydrogens is 196 g/mol. The Hall–Kier alpha value is -0.220. The normalized spacial score (nSPS) is 12.5. The molecule has 0 aromatic carbocycles. The number of hydrogen-bond acceptors (Lipinski definition) is 3. The van der Waals surface area contributed by atoms with Gasteiger partial charge in [0.15, 0.2) is 0 Å². The molecule has 0 aromatic heterocycles. The Kier molecular flexibility index (Phi) is 9.19. The Morgan fingerprint density at radius 3 is 2.64 bits per heavy atom. The van der Waals surface area contributed by atoms with Gasteiger partial charge in [0.05, 0.1) is 0 Å². The highest BCUT2D eigenvalue weighted by Gasteiger charge is 2.05. The van der Waals surface area contributed by atoms with Crippen LogP contribution in [-0.2, 0) is 4.79 Å². The van der Waals surface area contributed by atoms with Crippen LogP contribution in [0.2, 0.25) is 0 Å². The number of rotatable bonds is 8. The average molecular weight is 218 g/mol. The minimum absolute atomic E-state index is 0.138. The number of amides is 1. The van der Waals surface area contributed by atoms with Gasteiger partial charge in [0.25, 0.3) is 0 Å². The van der Waals surface area contributed by atoms with Gasteiger partial charge in [0.1, 0.15) is 0 Å². The van der Waals surface area contributed by atoms with Crippen molar-refractivity contribution in [2.75, 3.05) is 25.1 Å². The smallest absolute Gasteiger partial charge is 0.221 e. The van der Waals surface area contributed by atoms with E-state index in [1.54, 1.807) is 0 Å². The van der Waals surface area contributed by atoms with Crippen molar-refractivity contribution in [3.8, 4) is 0 Å². The second kappa shape index (κ2) is 9.34. The van der Waals surface area contributed by atoms with Crippen molar-refractivity contribution in [1.82, 2.24) is 10.6 Å². The van der Waals surface area contributed by atoms with Gasteiger partial charge >= 0.3 is 0 Å². The predicted octanol–water partition coefficient (Wildman–Crippen LogP) is 1.24. The van der Waals surface area contributed by atoms with Gasteiger partial charge in [-0.1, -0.05) is 6.92 Å². The zero-order chi connectivity index (χ0) is 10.8. The molecule has 0 saturated carbocycles. The lowest BCUT2D eigenvalue weighted by Gasteiger charge is -2.15. The third-order valence-corrected chi connectivity index (χ3v) is 2.76. The zero-order valence-electron chi connectivity index (χ0n) is 9.43. The van der Waals surface area contributed by atoms with Crippen LogP contribution in [0, 0.1) is 0 Å². The topological polar surface area (TPSA) is 41.1 Å². The maximum atomic E-state index is 11.1. The molecule has 0 heterocycles. The fourth-order valence-corrected chi connectivity index (χ4v) is 1.95. The van der Waals surface area contributed by atoms with Crippen LogP contribution in [0.1, 0.15) is 26.7 Å². The van der Waals surface area contributed by atoms with E-state index >= 15 is 0 Å². The Bertz CT molecular complexity index is 153. The van der Waals surface area contributed by atoms with E-state index in [-0.39, 0.29) is 5.91 Å². The Labute approximate surface area is 91.4 Å². The molecule has 4 heteroatoms. The first kappa shape index (κ1) is 13.8. The van der Waals surface area contributed by atoms with E-state index in [0.717, 1.165) is 25.3 Å². The fourth-order valence-electron chi connectivity index (χ4n) is 1.20. The van der Waals surface area contributed by atoms with Crippen molar-refractivity contribution in [2.24, 2.45) is 0 Å². The van der Waals surface area contributed by atoms with Crippen LogP contribution in [0.4, 0.5) is 0 Å². The maximum Gasteiger partial charge on any atom is 0.221 e. The van der Waals surface area contributed by atoms with Crippen molar-refractivity contribution in [3.63, 3.8) is 0 Å². The first-order valence-corrected chi connectivity index (χ1v) is 6.62. The predicted molar refractivity (Wildman–Crippen MR) is 63.8 cm³/mol. The van der Waals surface area contributed by atoms with E-state index in [1.807, 2.05) is 18.7 Å². The Morgan fingerprint density at radius 1 is 1.43 bits per heavy atom. The van der Waals surface area contributed by atoms with Crippen LogP contribution in [0.3, 0.4) is 0 Å². The summed E-state index contributed by atoms with van der Waals surface area (Å²) in [6.07, 6.45) is 3.81. The summed E-state index contributed by atoms with van der Waals surface area (Å²) in [5.41, 5.74) is 0. The van der Waals surface area contributed by atoms with Crippen LogP contribution < -0.4 is 10.6 Å². The van der Waals surface area contributed by atoms with Crippen molar-refractivity contribution in [2.45, 2.75) is 32.7 Å². The van der Waals surface area contributed by atoms with E-state index in [2.05, 4.69) is 23.8 Å². The first-order valence-electron chi connectivity index (χ1n) is 5.23. The number of thioether (sulfide) groups is 1. The van der Waals surface area contributed by atoms with Gasteiger partial charge in [-0.15, -0.1) is 0 Å². The summed E-state index contributed by atoms with van der Waals surface area (Å²) in [5.74, 6) is 1.25. The van der Waals surface area contributed by atoms with Crippen molar-refractivity contribution in [1.29, 1.82) is 0 Å². The van der Waals surface area contributed by atoms with Gasteiger partial charge in [-0.2, -0.15) is 11.8 Å². The van der Waals surface area contributed by atoms with Crippen LogP contribution in [0.25, 0.3) is 0 Å². The maximum absolute atomic E-state index is 11.1. The van der Waals surface area contributed by atoms with E-state index in [0.29, 0.717) is 12.5 Å². The monoisotopic (exact) mass is 218 g/mol. The highest BCUT2D eigenvalue weighted by Crippen LogP contribution is 2.00. The van der Waals surface area contributed by atoms with Crippen LogP contribution in [0.5, 0.6) is 0 Å². The minimum Gasteiger partial charge on any atom is -0.356 e. The molecule has 1 amide bonds. The van der Waals surface area contributed by atoms with Gasteiger partial charge in [-0.3, -0.25) is 4.79 Å². The number of carbonyl (C=O) groups excluding carboxylic acids is 1. The molecule has 0 aromatic rings. The molecule has 1 unspecified atom stereocenters. The zero-order valence-corrected chi connectivity index (χ0v) is 10.2. The van der Waals surface area contributed by atoms with Crippen LogP contribution in [0.15, 0.2) is 0 Å². The van der Waals surface area contributed by atoms with Crippen molar-refractivity contribution >= 4 is 17.7 Å². The van der Waals surface area contributed by atoms with Gasteiger partial charge in [-0.05, 0) is 19.6 Å². The first-order chi connectivity index (χ1) is 6.74. The van der Waals surface area contributed by atoms with Gasteiger partial charge in [-0.25, -0.2) is 0 Å². The van der Waals surface area contributed by atoms with Crippen molar-refractivity contribution < 1.29 is 4.79 Å². The van der Waals surface area contributed by atoms with Crippen LogP contribution in [-0.4, -0.2) is 37.0 Å². The van der Waals surface area contributed by atoms with Gasteiger partial charge < -0.3 is 10.6 Å². The molecule has 84 valence electrons. The number of nitrogens with one attached hydrogen (secondary N) is 2. The van der Waals surface area contributed by atoms with Gasteiger partial charge in [0, 0.05) is 31.3 Å². The van der Waals surface area contributed by atoms with E-state index in [4.69, 9.17) is 0 Å². The molecule has 2 N–H and O–H groups in total. The summed E-state index contributed by atoms with van der Waals surface area (Å²) in [5, 5.41) is 6.16. The second-order valence-electron chi connectivity index (χ2n) is 3.22. The van der Waals surface area contributed by atoms with E-state index in [1.165, 1.54) is 0 Å². The molecular formula is C10H22N2OS. The molecule has 3 nitrogen and oxygen atoms in total. The summed E-state index contributed by atoms with van der Waals surface area (Å²) in [7, 11) is 0. The highest BCUT2D eigenvalue weighted by molar-refractivity contribution is 7.98. The molecule has 0 aliphatic rings. The molecule has 0 fully saturated rings. The summed E-state index contributed by atoms with van der Waals surface area (Å²) in [6, 6.07) is 0.541. The van der Waals surface area contributed by atoms with Crippen LogP contribution >= 0.6 is 11.8 Å². The summed E-state index contributed by atoms with van der Waals surface area (Å²) in [4.78, 5) is 11.1. The van der Waals surface area contributed by atoms with E-state index < -0.39 is 0 Å². The largest absolute Gasteiger partial charge is 0.356 e. The molecule has 0 bridgehead atoms. The Morgan fingerprint density at radius 2 is 2.14 bits per heavy atom. The van der Waals surface area contributed by atoms with E-state index in [9.17, 15) is 4.79 Å². The molecule has 0 saturated heterocycles. The molecule has 1 atom stereocenters. The molecule has 0 spiro atoms. The standard InChI is InChI=1S/C10H22N2OS/c1-4-9(8-14-3)12-7-6-10(13)11-5-2/h9,12H,4-8H2,1-3H3,(H,11,13). The lowest BCUT2D eigenvalue weighted by Crippen LogP contribution is -2.34.